The predicted octanol–water partition coefficient (Wildman–Crippen LogP) is -1.46. The van der Waals surface area contributed by atoms with E-state index in [1.54, 1.807) is 13.3 Å². The zero-order chi connectivity index (χ0) is 11.4. The molecule has 0 spiro atoms. The third kappa shape index (κ3) is 4.59. The molecule has 2 heterocycles. The van der Waals surface area contributed by atoms with E-state index in [0.717, 1.165) is 31.5 Å². The molecule has 1 saturated heterocycles. The van der Waals surface area contributed by atoms with Gasteiger partial charge in [-0.2, -0.15) is 0 Å². The van der Waals surface area contributed by atoms with Crippen LogP contribution in [0.25, 0.3) is 5.32 Å². The van der Waals surface area contributed by atoms with Gasteiger partial charge in [-0.1, -0.05) is 6.07 Å². The Bertz CT molecular complexity index is 337. The van der Waals surface area contributed by atoms with Crippen molar-refractivity contribution in [1.29, 1.82) is 0 Å². The van der Waals surface area contributed by atoms with Gasteiger partial charge in [-0.05, 0) is 18.4 Å². The molecule has 0 unspecified atom stereocenters. The fourth-order valence-corrected chi connectivity index (χ4v) is 2.00. The summed E-state index contributed by atoms with van der Waals surface area (Å²) in [6.45, 7) is 1.53. The van der Waals surface area contributed by atoms with Crippen LogP contribution in [-0.2, 0) is 6.42 Å². The number of nitrogens with zero attached hydrogens (tertiary/aromatic N) is 2. The maximum Gasteiger partial charge on any atom is 1.00 e. The molecular weight excluding hydrogens is 243 g/mol. The van der Waals surface area contributed by atoms with Crippen molar-refractivity contribution in [2.45, 2.75) is 24.9 Å². The number of aliphatic hydroxyl groups is 1. The van der Waals surface area contributed by atoms with Crippen molar-refractivity contribution in [2.75, 3.05) is 20.2 Å². The third-order valence-corrected chi connectivity index (χ3v) is 3.01. The first-order valence-corrected chi connectivity index (χ1v) is 5.56. The van der Waals surface area contributed by atoms with Gasteiger partial charge >= 0.3 is 51.4 Å². The zero-order valence-corrected chi connectivity index (χ0v) is 13.6. The minimum absolute atomic E-state index is 0. The number of hydrogen-bond acceptors (Lipinski definition) is 3. The summed E-state index contributed by atoms with van der Waals surface area (Å²) in [4.78, 5) is 4.14. The second kappa shape index (κ2) is 7.18. The van der Waals surface area contributed by atoms with Gasteiger partial charge in [-0.25, -0.2) is 4.98 Å². The van der Waals surface area contributed by atoms with Crippen molar-refractivity contribution in [2.24, 2.45) is 0 Å². The van der Waals surface area contributed by atoms with Crippen LogP contribution < -0.4 is 56.1 Å². The molecular formula is C12H17KN2O2. The van der Waals surface area contributed by atoms with Gasteiger partial charge < -0.3 is 15.2 Å². The van der Waals surface area contributed by atoms with Crippen molar-refractivity contribution in [3.05, 3.63) is 29.2 Å². The molecule has 0 amide bonds. The maximum atomic E-state index is 10.3. The summed E-state index contributed by atoms with van der Waals surface area (Å²) in [5, 5.41) is 14.6. The molecule has 1 fully saturated rings. The van der Waals surface area contributed by atoms with E-state index in [2.05, 4.69) is 10.3 Å². The van der Waals surface area contributed by atoms with Gasteiger partial charge in [-0.3, -0.25) is 0 Å². The molecule has 0 aromatic carbocycles. The molecule has 1 N–H and O–H groups in total. The van der Waals surface area contributed by atoms with Crippen LogP contribution in [0.5, 0.6) is 5.88 Å². The van der Waals surface area contributed by atoms with E-state index in [1.165, 1.54) is 0 Å². The van der Waals surface area contributed by atoms with Gasteiger partial charge in [0.25, 0.3) is 0 Å². The van der Waals surface area contributed by atoms with Crippen LogP contribution in [0, 0.1) is 0 Å². The van der Waals surface area contributed by atoms with Crippen LogP contribution in [0.2, 0.25) is 0 Å². The number of rotatable bonds is 3. The van der Waals surface area contributed by atoms with E-state index < -0.39 is 5.60 Å². The Balaban J connectivity index is 0.00000144. The molecule has 1 aliphatic rings. The van der Waals surface area contributed by atoms with E-state index >= 15 is 0 Å². The number of aromatic nitrogens is 1. The molecule has 5 heteroatoms. The van der Waals surface area contributed by atoms with Gasteiger partial charge in [0.2, 0.25) is 5.88 Å². The fraction of sp³-hybridized carbons (Fsp3) is 0.583. The largest absolute Gasteiger partial charge is 1.00 e. The monoisotopic (exact) mass is 260 g/mol. The quantitative estimate of drug-likeness (QED) is 0.676. The summed E-state index contributed by atoms with van der Waals surface area (Å²) >= 11 is 0. The Labute approximate surface area is 145 Å². The first kappa shape index (κ1) is 15.6. The molecule has 1 aliphatic heterocycles. The average molecular weight is 260 g/mol. The fourth-order valence-electron chi connectivity index (χ4n) is 2.00. The number of pyridine rings is 1. The molecule has 0 bridgehead atoms. The number of piperidine rings is 1. The Morgan fingerprint density at radius 3 is 2.65 bits per heavy atom. The average Bonchev–Trinajstić information content (AvgIpc) is 2.30. The van der Waals surface area contributed by atoms with Crippen LogP contribution >= 0.6 is 0 Å². The Hall–Kier alpha value is 0.506. The Morgan fingerprint density at radius 1 is 1.41 bits per heavy atom. The first-order chi connectivity index (χ1) is 7.72. The van der Waals surface area contributed by atoms with Crippen LogP contribution in [0.1, 0.15) is 18.4 Å². The third-order valence-electron chi connectivity index (χ3n) is 3.01. The normalized spacial score (nSPS) is 18.2. The Kier molecular flexibility index (Phi) is 6.58. The number of hydrogen-bond donors (Lipinski definition) is 1. The summed E-state index contributed by atoms with van der Waals surface area (Å²) in [6.07, 6.45) is 3.92. The van der Waals surface area contributed by atoms with Gasteiger partial charge in [0.1, 0.15) is 0 Å². The van der Waals surface area contributed by atoms with E-state index in [0.29, 0.717) is 12.3 Å². The van der Waals surface area contributed by atoms with Gasteiger partial charge in [0.05, 0.1) is 12.7 Å². The molecule has 17 heavy (non-hydrogen) atoms. The SMILES string of the molecule is COc1ccc(CC2(O)CC[N-]CC2)cn1.[K+]. The molecule has 0 saturated carbocycles. The van der Waals surface area contributed by atoms with Crippen molar-refractivity contribution < 1.29 is 61.2 Å². The van der Waals surface area contributed by atoms with E-state index in [1.807, 2.05) is 12.1 Å². The second-order valence-electron chi connectivity index (χ2n) is 4.28. The van der Waals surface area contributed by atoms with Gasteiger partial charge in [-0.15, -0.1) is 13.1 Å². The summed E-state index contributed by atoms with van der Waals surface area (Å²) < 4.78 is 5.00. The second-order valence-corrected chi connectivity index (χ2v) is 4.28. The van der Waals surface area contributed by atoms with E-state index in [4.69, 9.17) is 4.74 Å². The minimum Gasteiger partial charge on any atom is -0.662 e. The molecule has 0 atom stereocenters. The van der Waals surface area contributed by atoms with Crippen molar-refractivity contribution in [3.8, 4) is 5.88 Å². The first-order valence-electron chi connectivity index (χ1n) is 5.56. The molecule has 1 aromatic heterocycles. The Morgan fingerprint density at radius 2 is 2.12 bits per heavy atom. The summed E-state index contributed by atoms with van der Waals surface area (Å²) in [5.74, 6) is 0.606. The summed E-state index contributed by atoms with van der Waals surface area (Å²) in [5.41, 5.74) is 0.447. The minimum atomic E-state index is -0.599. The standard InChI is InChI=1S/C12H17N2O2.K/c1-16-11-3-2-10(9-14-11)8-12(15)4-6-13-7-5-12;/h2-3,9,15H,4-8H2,1H3;/q-1;+1. The van der Waals surface area contributed by atoms with Gasteiger partial charge in [0.15, 0.2) is 0 Å². The molecule has 0 aliphatic carbocycles. The maximum absolute atomic E-state index is 10.3. The van der Waals surface area contributed by atoms with Crippen LogP contribution in [-0.4, -0.2) is 35.9 Å². The molecule has 2 rings (SSSR count). The van der Waals surface area contributed by atoms with Crippen molar-refractivity contribution in [3.63, 3.8) is 0 Å². The topological polar surface area (TPSA) is 56.5 Å². The molecule has 1 aromatic rings. The van der Waals surface area contributed by atoms with E-state index in [9.17, 15) is 5.11 Å². The molecule has 88 valence electrons. The van der Waals surface area contributed by atoms with Crippen LogP contribution in [0.3, 0.4) is 0 Å². The van der Waals surface area contributed by atoms with Crippen LogP contribution in [0.15, 0.2) is 18.3 Å². The predicted molar refractivity (Wildman–Crippen MR) is 61.8 cm³/mol. The smallest absolute Gasteiger partial charge is 0.662 e. The summed E-state index contributed by atoms with van der Waals surface area (Å²) in [7, 11) is 1.60. The number of methoxy groups -OCH3 is 1. The number of ether oxygens (including phenoxy) is 1. The molecule has 4 nitrogen and oxygen atoms in total. The van der Waals surface area contributed by atoms with Gasteiger partial charge in [0, 0.05) is 18.7 Å². The van der Waals surface area contributed by atoms with Crippen molar-refractivity contribution >= 4 is 0 Å². The van der Waals surface area contributed by atoms with E-state index in [-0.39, 0.29) is 51.4 Å². The van der Waals surface area contributed by atoms with Crippen LogP contribution in [0.4, 0.5) is 0 Å². The van der Waals surface area contributed by atoms with Crippen molar-refractivity contribution in [1.82, 2.24) is 4.98 Å². The molecule has 0 radical (unpaired) electrons. The zero-order valence-electron chi connectivity index (χ0n) is 10.5. The summed E-state index contributed by atoms with van der Waals surface area (Å²) in [6, 6.07) is 3.78.